The number of carbonyl (C=O) groups is 1. The Bertz CT molecular complexity index is 596. The number of carboxylic acid groups (broad SMARTS) is 1. The van der Waals surface area contributed by atoms with Crippen molar-refractivity contribution in [3.8, 4) is 0 Å². The first-order valence-electron chi connectivity index (χ1n) is 9.31. The molecule has 0 bridgehead atoms. The van der Waals surface area contributed by atoms with Crippen LogP contribution in [-0.4, -0.2) is 72.4 Å². The van der Waals surface area contributed by atoms with Crippen molar-refractivity contribution in [2.45, 2.75) is 32.2 Å². The zero-order valence-electron chi connectivity index (χ0n) is 15.4. The van der Waals surface area contributed by atoms with Crippen molar-refractivity contribution in [3.63, 3.8) is 0 Å². The number of hydrogen-bond acceptors (Lipinski definition) is 4. The van der Waals surface area contributed by atoms with Crippen molar-refractivity contribution in [1.82, 2.24) is 9.80 Å². The van der Waals surface area contributed by atoms with E-state index in [-0.39, 0.29) is 5.54 Å². The predicted octanol–water partition coefficient (Wildman–Crippen LogP) is 2.36. The van der Waals surface area contributed by atoms with Crippen LogP contribution in [0.1, 0.15) is 36.2 Å². The Hall–Kier alpha value is -1.43. The van der Waals surface area contributed by atoms with E-state index in [1.54, 1.807) is 6.07 Å². The molecule has 2 aliphatic heterocycles. The number of carboxylic acids is 1. The molecule has 0 amide bonds. The standard InChI is InChI=1S/C20H30N2O3/c1-20(2,22-8-10-25-11-9-22)15-21-7-6-17(14-21)12-16-4-3-5-18(13-16)19(23)24/h3-5,13,17H,6-12,14-15H2,1-2H3,(H,23,24)/t17-/m1/s1. The van der Waals surface area contributed by atoms with Gasteiger partial charge in [0.25, 0.3) is 0 Å². The Kier molecular flexibility index (Phi) is 5.77. The molecule has 0 aliphatic carbocycles. The molecule has 1 N–H and O–H groups in total. The summed E-state index contributed by atoms with van der Waals surface area (Å²) in [4.78, 5) is 16.2. The van der Waals surface area contributed by atoms with Gasteiger partial charge >= 0.3 is 5.97 Å². The SMILES string of the molecule is CC(C)(CN1CC[C@H](Cc2cccc(C(=O)O)c2)C1)N1CCOCC1. The predicted molar refractivity (Wildman–Crippen MR) is 98.1 cm³/mol. The van der Waals surface area contributed by atoms with Crippen LogP contribution in [0, 0.1) is 5.92 Å². The molecule has 2 heterocycles. The van der Waals surface area contributed by atoms with Crippen LogP contribution in [0.3, 0.4) is 0 Å². The molecule has 3 rings (SSSR count). The molecule has 25 heavy (non-hydrogen) atoms. The summed E-state index contributed by atoms with van der Waals surface area (Å²) in [5.74, 6) is -0.230. The lowest BCUT2D eigenvalue weighted by atomic mass is 9.97. The van der Waals surface area contributed by atoms with E-state index in [9.17, 15) is 4.79 Å². The first-order chi connectivity index (χ1) is 11.9. The minimum atomic E-state index is -0.845. The van der Waals surface area contributed by atoms with Crippen molar-refractivity contribution in [1.29, 1.82) is 0 Å². The number of benzene rings is 1. The first kappa shape index (κ1) is 18.4. The van der Waals surface area contributed by atoms with Crippen LogP contribution in [0.25, 0.3) is 0 Å². The van der Waals surface area contributed by atoms with E-state index in [4.69, 9.17) is 9.84 Å². The third-order valence-corrected chi connectivity index (χ3v) is 5.55. The van der Waals surface area contributed by atoms with Crippen molar-refractivity contribution in [2.75, 3.05) is 45.9 Å². The summed E-state index contributed by atoms with van der Waals surface area (Å²) >= 11 is 0. The monoisotopic (exact) mass is 346 g/mol. The third-order valence-electron chi connectivity index (χ3n) is 5.55. The second kappa shape index (κ2) is 7.85. The Morgan fingerprint density at radius 1 is 1.28 bits per heavy atom. The largest absolute Gasteiger partial charge is 0.478 e. The zero-order valence-corrected chi connectivity index (χ0v) is 15.4. The van der Waals surface area contributed by atoms with Gasteiger partial charge in [-0.25, -0.2) is 4.79 Å². The number of morpholine rings is 1. The zero-order chi connectivity index (χ0) is 17.9. The molecule has 1 aromatic carbocycles. The maximum atomic E-state index is 11.1. The normalized spacial score (nSPS) is 23.0. The fourth-order valence-electron chi connectivity index (χ4n) is 4.20. The highest BCUT2D eigenvalue weighted by Gasteiger charge is 2.33. The maximum absolute atomic E-state index is 11.1. The molecule has 0 aromatic heterocycles. The van der Waals surface area contributed by atoms with Crippen LogP contribution in [-0.2, 0) is 11.2 Å². The van der Waals surface area contributed by atoms with Gasteiger partial charge in [0.05, 0.1) is 18.8 Å². The number of ether oxygens (including phenoxy) is 1. The smallest absolute Gasteiger partial charge is 0.335 e. The van der Waals surface area contributed by atoms with Crippen molar-refractivity contribution >= 4 is 5.97 Å². The van der Waals surface area contributed by atoms with Crippen molar-refractivity contribution in [2.24, 2.45) is 5.92 Å². The molecule has 138 valence electrons. The third kappa shape index (κ3) is 4.81. The Labute approximate surface area is 150 Å². The average Bonchev–Trinajstić information content (AvgIpc) is 3.02. The van der Waals surface area contributed by atoms with E-state index in [2.05, 4.69) is 23.6 Å². The number of aromatic carboxylic acids is 1. The van der Waals surface area contributed by atoms with E-state index in [0.29, 0.717) is 11.5 Å². The summed E-state index contributed by atoms with van der Waals surface area (Å²) in [5, 5.41) is 9.14. The lowest BCUT2D eigenvalue weighted by Crippen LogP contribution is -2.55. The van der Waals surface area contributed by atoms with Crippen molar-refractivity contribution in [3.05, 3.63) is 35.4 Å². The van der Waals surface area contributed by atoms with Crippen LogP contribution in [0.2, 0.25) is 0 Å². The number of rotatable bonds is 6. The Morgan fingerprint density at radius 3 is 2.76 bits per heavy atom. The summed E-state index contributed by atoms with van der Waals surface area (Å²) in [5.41, 5.74) is 1.70. The Morgan fingerprint density at radius 2 is 2.04 bits per heavy atom. The molecular formula is C20H30N2O3. The molecule has 0 unspecified atom stereocenters. The maximum Gasteiger partial charge on any atom is 0.335 e. The van der Waals surface area contributed by atoms with Gasteiger partial charge in [-0.1, -0.05) is 12.1 Å². The molecular weight excluding hydrogens is 316 g/mol. The summed E-state index contributed by atoms with van der Waals surface area (Å²) in [6.07, 6.45) is 2.16. The Balaban J connectivity index is 1.53. The summed E-state index contributed by atoms with van der Waals surface area (Å²) in [6, 6.07) is 7.39. The van der Waals surface area contributed by atoms with Gasteiger partial charge in [0.2, 0.25) is 0 Å². The second-order valence-electron chi connectivity index (χ2n) is 8.01. The van der Waals surface area contributed by atoms with E-state index >= 15 is 0 Å². The highest BCUT2D eigenvalue weighted by Crippen LogP contribution is 2.25. The average molecular weight is 346 g/mol. The molecule has 1 atom stereocenters. The highest BCUT2D eigenvalue weighted by molar-refractivity contribution is 5.87. The van der Waals surface area contributed by atoms with Crippen LogP contribution in [0.5, 0.6) is 0 Å². The summed E-state index contributed by atoms with van der Waals surface area (Å²) in [6.45, 7) is 11.7. The van der Waals surface area contributed by atoms with Gasteiger partial charge in [-0.05, 0) is 56.8 Å². The van der Waals surface area contributed by atoms with E-state index in [1.807, 2.05) is 18.2 Å². The molecule has 2 saturated heterocycles. The van der Waals surface area contributed by atoms with Gasteiger partial charge in [-0.2, -0.15) is 0 Å². The fraction of sp³-hybridized carbons (Fsp3) is 0.650. The minimum absolute atomic E-state index is 0.169. The number of likely N-dealkylation sites (tertiary alicyclic amines) is 1. The van der Waals surface area contributed by atoms with Crippen LogP contribution in [0.15, 0.2) is 24.3 Å². The van der Waals surface area contributed by atoms with Crippen LogP contribution in [0.4, 0.5) is 0 Å². The fourth-order valence-corrected chi connectivity index (χ4v) is 4.20. The quantitative estimate of drug-likeness (QED) is 0.857. The lowest BCUT2D eigenvalue weighted by molar-refractivity contribution is -0.0198. The van der Waals surface area contributed by atoms with Gasteiger partial charge in [0.1, 0.15) is 0 Å². The number of nitrogens with zero attached hydrogens (tertiary/aromatic N) is 2. The minimum Gasteiger partial charge on any atom is -0.478 e. The highest BCUT2D eigenvalue weighted by atomic mass is 16.5. The molecule has 0 spiro atoms. The molecule has 5 nitrogen and oxygen atoms in total. The van der Waals surface area contributed by atoms with Gasteiger partial charge < -0.3 is 14.7 Å². The van der Waals surface area contributed by atoms with Gasteiger partial charge in [-0.15, -0.1) is 0 Å². The second-order valence-corrected chi connectivity index (χ2v) is 8.01. The number of hydrogen-bond donors (Lipinski definition) is 1. The van der Waals surface area contributed by atoms with Gasteiger partial charge in [-0.3, -0.25) is 4.90 Å². The van der Waals surface area contributed by atoms with Crippen LogP contribution >= 0.6 is 0 Å². The van der Waals surface area contributed by atoms with Gasteiger partial charge in [0.15, 0.2) is 0 Å². The molecule has 0 saturated carbocycles. The molecule has 2 aliphatic rings. The molecule has 5 heteroatoms. The molecule has 0 radical (unpaired) electrons. The molecule has 2 fully saturated rings. The molecule has 1 aromatic rings. The van der Waals surface area contributed by atoms with Crippen molar-refractivity contribution < 1.29 is 14.6 Å². The van der Waals surface area contributed by atoms with E-state index < -0.39 is 5.97 Å². The first-order valence-corrected chi connectivity index (χ1v) is 9.31. The topological polar surface area (TPSA) is 53.0 Å². The summed E-state index contributed by atoms with van der Waals surface area (Å²) < 4.78 is 5.48. The lowest BCUT2D eigenvalue weighted by Gasteiger charge is -2.43. The summed E-state index contributed by atoms with van der Waals surface area (Å²) in [7, 11) is 0. The van der Waals surface area contributed by atoms with Gasteiger partial charge in [0, 0.05) is 31.7 Å². The van der Waals surface area contributed by atoms with E-state index in [0.717, 1.165) is 57.9 Å². The van der Waals surface area contributed by atoms with Crippen LogP contribution < -0.4 is 0 Å². The van der Waals surface area contributed by atoms with E-state index in [1.165, 1.54) is 6.42 Å².